The van der Waals surface area contributed by atoms with Crippen LogP contribution in [0.4, 0.5) is 0 Å². The predicted octanol–water partition coefficient (Wildman–Crippen LogP) is 14.9. The molecule has 0 saturated heterocycles. The monoisotopic (exact) mass is 666 g/mol. The first-order chi connectivity index (χ1) is 18.5. The van der Waals surface area contributed by atoms with E-state index in [4.69, 9.17) is 0 Å². The molecule has 0 N–H and O–H groups in total. The summed E-state index contributed by atoms with van der Waals surface area (Å²) in [6, 6.07) is 0. The molecule has 38 heavy (non-hydrogen) atoms. The minimum absolute atomic E-state index is 1.37. The molecule has 0 amide bonds. The summed E-state index contributed by atoms with van der Waals surface area (Å²) < 4.78 is -1.63. The van der Waals surface area contributed by atoms with Gasteiger partial charge in [0.25, 0.3) is 0 Å². The van der Waals surface area contributed by atoms with Gasteiger partial charge in [0, 0.05) is 0 Å². The molecule has 0 radical (unpaired) electrons. The van der Waals surface area contributed by atoms with Crippen LogP contribution in [-0.4, -0.2) is 24.6 Å². The number of unbranched alkanes of at least 4 members (excludes halogenated alkanes) is 24. The molecule has 0 aromatic heterocycles. The molecule has 0 rings (SSSR count). The van der Waals surface area contributed by atoms with Crippen LogP contribution < -0.4 is 0 Å². The van der Waals surface area contributed by atoms with Crippen LogP contribution in [0.1, 0.15) is 207 Å². The van der Waals surface area contributed by atoms with Crippen molar-refractivity contribution in [2.75, 3.05) is 24.6 Å². The Bertz CT molecular complexity index is 379. The standard InChI is InChI=1S/C36H76IP/c1-5-9-13-17-21-25-29-33-38(37,34-30-26-22-18-14-10-6-2,35-31-27-23-19-15-11-7-3)36-32-28-24-20-16-12-8-4/h5-36H2,1-4H3. The van der Waals surface area contributed by atoms with Crippen LogP contribution in [0.2, 0.25) is 0 Å². The van der Waals surface area contributed by atoms with Gasteiger partial charge in [0.05, 0.1) is 0 Å². The second kappa shape index (κ2) is 28.3. The topological polar surface area (TPSA) is 0 Å². The second-order valence-electron chi connectivity index (χ2n) is 13.2. The average Bonchev–Trinajstić information content (AvgIpc) is 2.91. The van der Waals surface area contributed by atoms with Crippen LogP contribution in [-0.2, 0) is 0 Å². The van der Waals surface area contributed by atoms with Crippen LogP contribution in [0.25, 0.3) is 0 Å². The van der Waals surface area contributed by atoms with Crippen LogP contribution in [0.5, 0.6) is 0 Å². The summed E-state index contributed by atoms with van der Waals surface area (Å²) in [4.78, 5) is 0. The van der Waals surface area contributed by atoms with E-state index in [1.807, 2.05) is 0 Å². The molecule has 0 aliphatic rings. The van der Waals surface area contributed by atoms with E-state index < -0.39 is 4.25 Å². The first-order valence-corrected chi connectivity index (χ1v) is 24.0. The molecule has 0 bridgehead atoms. The zero-order valence-corrected chi connectivity index (χ0v) is 30.5. The molecule has 0 saturated carbocycles. The van der Waals surface area contributed by atoms with Gasteiger partial charge in [-0.2, -0.15) is 0 Å². The van der Waals surface area contributed by atoms with Gasteiger partial charge in [0.1, 0.15) is 0 Å². The van der Waals surface area contributed by atoms with E-state index in [1.165, 1.54) is 180 Å². The molecule has 2 heteroatoms. The van der Waals surface area contributed by atoms with E-state index in [-0.39, 0.29) is 0 Å². The van der Waals surface area contributed by atoms with Gasteiger partial charge in [-0.3, -0.25) is 0 Å². The van der Waals surface area contributed by atoms with E-state index in [0.29, 0.717) is 0 Å². The zero-order valence-electron chi connectivity index (χ0n) is 27.5. The van der Waals surface area contributed by atoms with Crippen molar-refractivity contribution < 1.29 is 0 Å². The third-order valence-corrected chi connectivity index (χ3v) is 20.8. The molecule has 0 spiro atoms. The molecule has 0 aromatic rings. The zero-order chi connectivity index (χ0) is 28.1. The predicted molar refractivity (Wildman–Crippen MR) is 192 cm³/mol. The van der Waals surface area contributed by atoms with Crippen molar-refractivity contribution in [1.29, 1.82) is 0 Å². The van der Waals surface area contributed by atoms with Crippen LogP contribution >= 0.6 is 26.3 Å². The molecule has 0 aliphatic carbocycles. The van der Waals surface area contributed by atoms with Crippen molar-refractivity contribution in [3.63, 3.8) is 0 Å². The molecule has 0 aromatic carbocycles. The number of hydrogen-bond donors (Lipinski definition) is 0. The summed E-state index contributed by atoms with van der Waals surface area (Å²) >= 11 is 3.24. The Hall–Kier alpha value is 1.16. The molecular formula is C36H76IP. The summed E-state index contributed by atoms with van der Waals surface area (Å²) in [5.74, 6) is 0. The van der Waals surface area contributed by atoms with Gasteiger partial charge in [0.2, 0.25) is 0 Å². The first kappa shape index (κ1) is 39.2. The van der Waals surface area contributed by atoms with Gasteiger partial charge in [-0.25, -0.2) is 0 Å². The summed E-state index contributed by atoms with van der Waals surface area (Å²) in [6.07, 6.45) is 47.8. The number of hydrogen-bond acceptors (Lipinski definition) is 0. The fourth-order valence-electron chi connectivity index (χ4n) is 6.53. The molecule has 0 aliphatic heterocycles. The van der Waals surface area contributed by atoms with Crippen molar-refractivity contribution in [2.24, 2.45) is 0 Å². The fourth-order valence-corrected chi connectivity index (χ4v) is 16.0. The molecule has 0 heterocycles. The summed E-state index contributed by atoms with van der Waals surface area (Å²) in [5.41, 5.74) is 0. The van der Waals surface area contributed by atoms with Crippen molar-refractivity contribution in [2.45, 2.75) is 207 Å². The van der Waals surface area contributed by atoms with E-state index in [0.717, 1.165) is 0 Å². The van der Waals surface area contributed by atoms with Crippen LogP contribution in [0.3, 0.4) is 0 Å². The summed E-state index contributed by atoms with van der Waals surface area (Å²) in [7, 11) is 0. The van der Waals surface area contributed by atoms with Gasteiger partial charge < -0.3 is 0 Å². The number of halogens is 1. The van der Waals surface area contributed by atoms with E-state index >= 15 is 0 Å². The van der Waals surface area contributed by atoms with Gasteiger partial charge >= 0.3 is 258 Å². The Balaban J connectivity index is 5.02. The first-order valence-electron chi connectivity index (χ1n) is 18.3. The van der Waals surface area contributed by atoms with Crippen molar-refractivity contribution in [3.8, 4) is 0 Å². The quantitative estimate of drug-likeness (QED) is 0.0381. The van der Waals surface area contributed by atoms with E-state index in [2.05, 4.69) is 49.7 Å². The van der Waals surface area contributed by atoms with Crippen molar-refractivity contribution in [3.05, 3.63) is 0 Å². The Morgan fingerprint density at radius 3 is 0.605 bits per heavy atom. The van der Waals surface area contributed by atoms with Gasteiger partial charge in [0.15, 0.2) is 0 Å². The van der Waals surface area contributed by atoms with Gasteiger partial charge in [-0.05, 0) is 0 Å². The van der Waals surface area contributed by atoms with Gasteiger partial charge in [-0.15, -0.1) is 0 Å². The third-order valence-electron chi connectivity index (χ3n) is 9.28. The maximum absolute atomic E-state index is 3.24. The Morgan fingerprint density at radius 2 is 0.421 bits per heavy atom. The van der Waals surface area contributed by atoms with E-state index in [1.54, 1.807) is 24.6 Å². The second-order valence-corrected chi connectivity index (χ2v) is 26.8. The third kappa shape index (κ3) is 23.8. The van der Waals surface area contributed by atoms with Crippen molar-refractivity contribution >= 4 is 26.3 Å². The molecule has 0 unspecified atom stereocenters. The maximum atomic E-state index is 3.24. The SMILES string of the molecule is CCCCCCCCCP(I)(CCCCCCCCC)(CCCCCCCCC)CCCCCCCCC. The molecular weight excluding hydrogens is 590 g/mol. The minimum atomic E-state index is -1.63. The molecule has 0 fully saturated rings. The fraction of sp³-hybridized carbons (Fsp3) is 1.00. The normalized spacial score (nSPS) is 13.1. The summed E-state index contributed by atoms with van der Waals surface area (Å²) in [5, 5.41) is 0. The van der Waals surface area contributed by atoms with E-state index in [9.17, 15) is 0 Å². The Morgan fingerprint density at radius 1 is 0.263 bits per heavy atom. The van der Waals surface area contributed by atoms with Crippen LogP contribution in [0, 0.1) is 0 Å². The summed E-state index contributed by atoms with van der Waals surface area (Å²) in [6.45, 7) is 9.38. The van der Waals surface area contributed by atoms with Gasteiger partial charge in [-0.1, -0.05) is 0 Å². The number of rotatable bonds is 32. The average molecular weight is 667 g/mol. The Labute approximate surface area is 257 Å². The molecule has 232 valence electrons. The Kier molecular flexibility index (Phi) is 29.2. The van der Waals surface area contributed by atoms with Crippen molar-refractivity contribution in [1.82, 2.24) is 0 Å². The van der Waals surface area contributed by atoms with Crippen LogP contribution in [0.15, 0.2) is 0 Å². The molecule has 0 atom stereocenters. The molecule has 0 nitrogen and oxygen atoms in total.